The van der Waals surface area contributed by atoms with Crippen molar-refractivity contribution < 1.29 is 4.79 Å². The van der Waals surface area contributed by atoms with Crippen LogP contribution >= 0.6 is 0 Å². The summed E-state index contributed by atoms with van der Waals surface area (Å²) < 4.78 is 0. The molecule has 0 fully saturated rings. The van der Waals surface area contributed by atoms with Gasteiger partial charge in [0.1, 0.15) is 0 Å². The van der Waals surface area contributed by atoms with Crippen molar-refractivity contribution in [1.82, 2.24) is 5.32 Å². The summed E-state index contributed by atoms with van der Waals surface area (Å²) in [7, 11) is 0. The van der Waals surface area contributed by atoms with Crippen LogP contribution in [0.2, 0.25) is 0 Å². The molecule has 19 heavy (non-hydrogen) atoms. The van der Waals surface area contributed by atoms with Gasteiger partial charge in [0.15, 0.2) is 0 Å². The van der Waals surface area contributed by atoms with E-state index in [1.54, 1.807) is 0 Å². The third kappa shape index (κ3) is 4.33. The van der Waals surface area contributed by atoms with E-state index >= 15 is 0 Å². The van der Waals surface area contributed by atoms with Gasteiger partial charge in [0.05, 0.1) is 0 Å². The van der Waals surface area contributed by atoms with Crippen molar-refractivity contribution in [2.24, 2.45) is 5.73 Å². The van der Waals surface area contributed by atoms with Gasteiger partial charge < -0.3 is 16.4 Å². The second kappa shape index (κ2) is 6.68. The van der Waals surface area contributed by atoms with Gasteiger partial charge in [0.25, 0.3) is 0 Å². The monoisotopic (exact) mass is 261 g/mol. The summed E-state index contributed by atoms with van der Waals surface area (Å²) in [4.78, 5) is 11.3. The number of hydrogen-bond acceptors (Lipinski definition) is 3. The molecule has 104 valence electrons. The first-order chi connectivity index (χ1) is 9.15. The molecule has 4 nitrogen and oxygen atoms in total. The highest BCUT2D eigenvalue weighted by Gasteiger charge is 2.14. The van der Waals surface area contributed by atoms with Crippen LogP contribution in [0, 0.1) is 0 Å². The predicted octanol–water partition coefficient (Wildman–Crippen LogP) is 1.79. The zero-order chi connectivity index (χ0) is 13.7. The second-order valence-corrected chi connectivity index (χ2v) is 5.34. The Kier molecular flexibility index (Phi) is 4.93. The van der Waals surface area contributed by atoms with E-state index in [-0.39, 0.29) is 11.9 Å². The maximum Gasteiger partial charge on any atom is 0.224 e. The molecule has 0 bridgehead atoms. The van der Waals surface area contributed by atoms with Crippen LogP contribution < -0.4 is 16.4 Å². The van der Waals surface area contributed by atoms with E-state index < -0.39 is 0 Å². The fourth-order valence-corrected chi connectivity index (χ4v) is 2.33. The molecule has 1 aliphatic heterocycles. The Balaban J connectivity index is 1.80. The minimum Gasteiger partial charge on any atom is -0.328 e. The molecule has 0 saturated carbocycles. The Hall–Kier alpha value is -1.39. The number of nitrogens with one attached hydrogen (secondary N) is 2. The lowest BCUT2D eigenvalue weighted by atomic mass is 10.0. The normalized spacial score (nSPS) is 15.8. The Morgan fingerprint density at radius 1 is 1.42 bits per heavy atom. The van der Waals surface area contributed by atoms with E-state index in [0.717, 1.165) is 38.0 Å². The molecule has 4 N–H and O–H groups in total. The first kappa shape index (κ1) is 14.0. The van der Waals surface area contributed by atoms with E-state index in [2.05, 4.69) is 22.8 Å². The van der Waals surface area contributed by atoms with Crippen LogP contribution in [0.4, 0.5) is 5.69 Å². The summed E-state index contributed by atoms with van der Waals surface area (Å²) in [6.07, 6.45) is 3.61. The molecule has 0 saturated heterocycles. The topological polar surface area (TPSA) is 67.1 Å². The van der Waals surface area contributed by atoms with Gasteiger partial charge in [-0.3, -0.25) is 4.79 Å². The predicted molar refractivity (Wildman–Crippen MR) is 78.0 cm³/mol. The van der Waals surface area contributed by atoms with Gasteiger partial charge in [-0.1, -0.05) is 12.1 Å². The lowest BCUT2D eigenvalue weighted by molar-refractivity contribution is -0.116. The number of nitrogens with two attached hydrogens (primary N) is 1. The van der Waals surface area contributed by atoms with Crippen LogP contribution in [0.15, 0.2) is 18.2 Å². The van der Waals surface area contributed by atoms with Crippen LogP contribution in [0.3, 0.4) is 0 Å². The lowest BCUT2D eigenvalue weighted by Gasteiger charge is -2.17. The maximum atomic E-state index is 11.3. The highest BCUT2D eigenvalue weighted by atomic mass is 16.1. The number of carbonyl (C=O) groups excluding carboxylic acids is 1. The Bertz CT molecular complexity index is 443. The maximum absolute atomic E-state index is 11.3. The van der Waals surface area contributed by atoms with Crippen molar-refractivity contribution in [3.05, 3.63) is 29.3 Å². The van der Waals surface area contributed by atoms with Crippen molar-refractivity contribution in [3.8, 4) is 0 Å². The van der Waals surface area contributed by atoms with E-state index in [1.807, 2.05) is 13.0 Å². The number of benzene rings is 1. The first-order valence-corrected chi connectivity index (χ1v) is 7.03. The van der Waals surface area contributed by atoms with Crippen LogP contribution in [0.5, 0.6) is 0 Å². The summed E-state index contributed by atoms with van der Waals surface area (Å²) in [5.74, 6) is 0.120. The fourth-order valence-electron chi connectivity index (χ4n) is 2.33. The Labute approximate surface area is 114 Å². The van der Waals surface area contributed by atoms with E-state index in [1.165, 1.54) is 11.1 Å². The molecule has 1 heterocycles. The minimum absolute atomic E-state index is 0.120. The van der Waals surface area contributed by atoms with Crippen molar-refractivity contribution in [3.63, 3.8) is 0 Å². The van der Waals surface area contributed by atoms with Gasteiger partial charge in [0, 0.05) is 24.7 Å². The summed E-state index contributed by atoms with van der Waals surface area (Å²) in [6, 6.07) is 6.55. The molecule has 1 amide bonds. The molecular weight excluding hydrogens is 238 g/mol. The molecule has 0 aromatic heterocycles. The Morgan fingerprint density at radius 3 is 3.05 bits per heavy atom. The number of aryl methyl sites for hydroxylation is 1. The number of fused-ring (bicyclic) bond motifs is 1. The zero-order valence-corrected chi connectivity index (χ0v) is 11.5. The number of carbonyl (C=O) groups is 1. The second-order valence-electron chi connectivity index (χ2n) is 5.34. The molecule has 2 rings (SSSR count). The molecule has 1 unspecified atom stereocenters. The number of hydrogen-bond donors (Lipinski definition) is 3. The van der Waals surface area contributed by atoms with Gasteiger partial charge >= 0.3 is 0 Å². The van der Waals surface area contributed by atoms with Crippen LogP contribution in [-0.4, -0.2) is 18.5 Å². The average Bonchev–Trinajstić information content (AvgIpc) is 2.38. The molecular formula is C15H23N3O. The number of rotatable bonds is 6. The van der Waals surface area contributed by atoms with Gasteiger partial charge in [-0.2, -0.15) is 0 Å². The number of anilines is 1. The van der Waals surface area contributed by atoms with Crippen molar-refractivity contribution in [2.45, 2.75) is 45.2 Å². The molecule has 1 aliphatic rings. The molecule has 0 spiro atoms. The van der Waals surface area contributed by atoms with E-state index in [9.17, 15) is 4.79 Å². The molecule has 1 aromatic rings. The first-order valence-electron chi connectivity index (χ1n) is 7.03. The standard InChI is InChI=1S/C15H23N3O/c1-11(16)3-2-8-17-10-12-4-6-14-13(9-12)5-7-15(19)18-14/h4,6,9,11,17H,2-3,5,7-8,10,16H2,1H3,(H,18,19). The average molecular weight is 261 g/mol. The smallest absolute Gasteiger partial charge is 0.224 e. The van der Waals surface area contributed by atoms with Crippen molar-refractivity contribution in [2.75, 3.05) is 11.9 Å². The fraction of sp³-hybridized carbons (Fsp3) is 0.533. The molecule has 0 aliphatic carbocycles. The van der Waals surface area contributed by atoms with Crippen LogP contribution in [0.25, 0.3) is 0 Å². The molecule has 0 radical (unpaired) electrons. The third-order valence-corrected chi connectivity index (χ3v) is 3.41. The van der Waals surface area contributed by atoms with Gasteiger partial charge in [-0.15, -0.1) is 0 Å². The summed E-state index contributed by atoms with van der Waals surface area (Å²) in [5.41, 5.74) is 9.20. The Morgan fingerprint density at radius 2 is 2.26 bits per heavy atom. The van der Waals surface area contributed by atoms with E-state index in [0.29, 0.717) is 6.42 Å². The number of amides is 1. The summed E-state index contributed by atoms with van der Waals surface area (Å²) >= 11 is 0. The van der Waals surface area contributed by atoms with Gasteiger partial charge in [-0.05, 0) is 49.9 Å². The highest BCUT2D eigenvalue weighted by molar-refractivity contribution is 5.93. The quantitative estimate of drug-likeness (QED) is 0.684. The molecule has 1 aromatic carbocycles. The summed E-state index contributed by atoms with van der Waals surface area (Å²) in [5, 5.41) is 6.33. The van der Waals surface area contributed by atoms with Crippen LogP contribution in [-0.2, 0) is 17.8 Å². The largest absolute Gasteiger partial charge is 0.328 e. The molecule has 1 atom stereocenters. The SMILES string of the molecule is CC(N)CCCNCc1ccc2c(c1)CCC(=O)N2. The zero-order valence-electron chi connectivity index (χ0n) is 11.5. The minimum atomic E-state index is 0.120. The highest BCUT2D eigenvalue weighted by Crippen LogP contribution is 2.23. The van der Waals surface area contributed by atoms with Gasteiger partial charge in [0.2, 0.25) is 5.91 Å². The lowest BCUT2D eigenvalue weighted by Crippen LogP contribution is -2.21. The van der Waals surface area contributed by atoms with Crippen LogP contribution in [0.1, 0.15) is 37.3 Å². The van der Waals surface area contributed by atoms with E-state index in [4.69, 9.17) is 5.73 Å². The third-order valence-electron chi connectivity index (χ3n) is 3.41. The van der Waals surface area contributed by atoms with Crippen molar-refractivity contribution >= 4 is 11.6 Å². The molecule has 4 heteroatoms. The summed E-state index contributed by atoms with van der Waals surface area (Å²) in [6.45, 7) is 3.91. The van der Waals surface area contributed by atoms with Crippen molar-refractivity contribution in [1.29, 1.82) is 0 Å². The van der Waals surface area contributed by atoms with Gasteiger partial charge in [-0.25, -0.2) is 0 Å².